The molecule has 3 heterocycles. The highest BCUT2D eigenvalue weighted by molar-refractivity contribution is 6.99. The number of nitrogens with zero attached hydrogens (tertiary/aromatic N) is 2. The molecule has 6 saturated carbocycles. The first-order chi connectivity index (χ1) is 25.4. The Morgan fingerprint density at radius 2 is 1.10 bits per heavy atom. The van der Waals surface area contributed by atoms with Gasteiger partial charge in [-0.3, -0.25) is 0 Å². The van der Waals surface area contributed by atoms with Gasteiger partial charge in [0.25, 0.3) is 0 Å². The molecule has 15 rings (SSSR count). The molecule has 4 bridgehead atoms. The van der Waals surface area contributed by atoms with Gasteiger partial charge in [0.05, 0.1) is 11.0 Å². The van der Waals surface area contributed by atoms with Gasteiger partial charge in [0, 0.05) is 38.9 Å². The van der Waals surface area contributed by atoms with Gasteiger partial charge < -0.3 is 9.47 Å². The van der Waals surface area contributed by atoms with Crippen LogP contribution >= 0.6 is 0 Å². The van der Waals surface area contributed by atoms with E-state index in [1.54, 1.807) is 11.1 Å². The predicted octanol–water partition coefficient (Wildman–Crippen LogP) is 9.83. The van der Waals surface area contributed by atoms with E-state index in [0.717, 1.165) is 11.8 Å². The van der Waals surface area contributed by atoms with Crippen LogP contribution in [-0.2, 0) is 16.2 Å². The quantitative estimate of drug-likeness (QED) is 0.170. The fourth-order valence-electron chi connectivity index (χ4n) is 12.2. The molecule has 6 fully saturated rings. The minimum absolute atomic E-state index is 0.172. The second-order valence-electron chi connectivity index (χ2n) is 18.1. The minimum Gasteiger partial charge on any atom is -0.311 e. The van der Waals surface area contributed by atoms with Crippen molar-refractivity contribution in [2.24, 2.45) is 11.8 Å². The molecule has 250 valence electrons. The van der Waals surface area contributed by atoms with E-state index < -0.39 is 0 Å². The van der Waals surface area contributed by atoms with Crippen molar-refractivity contribution in [1.29, 1.82) is 0 Å². The number of para-hydroxylation sites is 2. The Morgan fingerprint density at radius 3 is 1.71 bits per heavy atom. The second kappa shape index (κ2) is 9.31. The van der Waals surface area contributed by atoms with Crippen molar-refractivity contribution in [3.05, 3.63) is 150 Å². The Hall–Kier alpha value is -5.02. The number of aromatic nitrogens is 1. The van der Waals surface area contributed by atoms with E-state index in [1.165, 1.54) is 111 Å². The van der Waals surface area contributed by atoms with Gasteiger partial charge in [-0.05, 0) is 137 Å². The molecule has 6 aromatic carbocycles. The summed E-state index contributed by atoms with van der Waals surface area (Å²) in [7, 11) is 0. The summed E-state index contributed by atoms with van der Waals surface area (Å²) >= 11 is 0. The average molecular weight is 669 g/mol. The van der Waals surface area contributed by atoms with Crippen LogP contribution in [0, 0.1) is 11.8 Å². The van der Waals surface area contributed by atoms with E-state index in [2.05, 4.69) is 151 Å². The molecule has 2 nitrogen and oxygen atoms in total. The number of anilines is 3. The molecule has 3 heteroatoms. The fraction of sp³-hybridized carbons (Fsp3) is 0.265. The first-order valence-corrected chi connectivity index (χ1v) is 19.7. The van der Waals surface area contributed by atoms with Gasteiger partial charge in [0.2, 0.25) is 6.71 Å². The average Bonchev–Trinajstić information content (AvgIpc) is 3.40. The lowest BCUT2D eigenvalue weighted by molar-refractivity contribution is -0.0273. The van der Waals surface area contributed by atoms with Gasteiger partial charge in [-0.1, -0.05) is 104 Å². The third kappa shape index (κ3) is 3.36. The van der Waals surface area contributed by atoms with Crippen molar-refractivity contribution in [2.75, 3.05) is 4.90 Å². The number of fused-ring (bicyclic) bond motifs is 7. The van der Waals surface area contributed by atoms with Crippen LogP contribution in [0.3, 0.4) is 0 Å². The van der Waals surface area contributed by atoms with Crippen LogP contribution in [0.15, 0.2) is 127 Å². The first kappa shape index (κ1) is 28.6. The first-order valence-electron chi connectivity index (χ1n) is 19.7. The molecular weight excluding hydrogens is 627 g/mol. The zero-order chi connectivity index (χ0) is 34.1. The molecule has 0 spiro atoms. The van der Waals surface area contributed by atoms with Crippen LogP contribution < -0.4 is 21.3 Å². The maximum absolute atomic E-state index is 2.68. The molecule has 7 aromatic rings. The lowest BCUT2D eigenvalue weighted by Gasteiger charge is -2.62. The highest BCUT2D eigenvalue weighted by Crippen LogP contribution is 2.66. The van der Waals surface area contributed by atoms with Gasteiger partial charge in [-0.15, -0.1) is 0 Å². The summed E-state index contributed by atoms with van der Waals surface area (Å²) < 4.78 is 2.68. The largest absolute Gasteiger partial charge is 0.311 e. The van der Waals surface area contributed by atoms with E-state index >= 15 is 0 Å². The number of hydrogen-bond donors (Lipinski definition) is 0. The number of rotatable bonds is 4. The van der Waals surface area contributed by atoms with Crippen LogP contribution in [-0.4, -0.2) is 11.3 Å². The monoisotopic (exact) mass is 668 g/mol. The van der Waals surface area contributed by atoms with Gasteiger partial charge in [-0.2, -0.15) is 0 Å². The molecule has 0 atom stereocenters. The molecule has 1 aromatic heterocycles. The highest BCUT2D eigenvalue weighted by atomic mass is 15.2. The van der Waals surface area contributed by atoms with E-state index in [1.807, 2.05) is 0 Å². The standard InChI is InChI=1S/C49H41BN2/c1-47(2)38-12-6-7-13-40(38)50-41-14-8-9-15-42(41)51(34-10-4-3-5-11-34)45-23-35(22-39(47)46(45)50)52-43-20-32(48-24-30(25-48)26-48)16-18-36(43)37-19-17-33(21-44(37)52)49-27-31(28-49)29-49/h3-23,30-31H,24-29H2,1-2H3. The Morgan fingerprint density at radius 1 is 0.519 bits per heavy atom. The van der Waals surface area contributed by atoms with Crippen molar-refractivity contribution in [3.63, 3.8) is 0 Å². The molecule has 0 radical (unpaired) electrons. The predicted molar refractivity (Wildman–Crippen MR) is 217 cm³/mol. The van der Waals surface area contributed by atoms with E-state index in [0.29, 0.717) is 10.8 Å². The van der Waals surface area contributed by atoms with Crippen LogP contribution in [0.5, 0.6) is 0 Å². The van der Waals surface area contributed by atoms with Crippen LogP contribution in [0.1, 0.15) is 74.6 Å². The summed E-state index contributed by atoms with van der Waals surface area (Å²) in [5.74, 6) is 1.91. The molecule has 0 unspecified atom stereocenters. The second-order valence-corrected chi connectivity index (χ2v) is 18.1. The number of benzene rings is 6. The Balaban J connectivity index is 1.14. The van der Waals surface area contributed by atoms with Crippen molar-refractivity contribution >= 4 is 62.0 Å². The smallest absolute Gasteiger partial charge is 0.247 e. The van der Waals surface area contributed by atoms with E-state index in [9.17, 15) is 0 Å². The maximum atomic E-state index is 2.68. The summed E-state index contributed by atoms with van der Waals surface area (Å²) in [5.41, 5.74) is 18.8. The normalized spacial score (nSPS) is 26.4. The highest BCUT2D eigenvalue weighted by Gasteiger charge is 2.58. The van der Waals surface area contributed by atoms with Crippen LogP contribution in [0.2, 0.25) is 0 Å². The Bertz CT molecular complexity index is 2600. The van der Waals surface area contributed by atoms with Gasteiger partial charge in [-0.25, -0.2) is 0 Å². The van der Waals surface area contributed by atoms with E-state index in [4.69, 9.17) is 0 Å². The molecule has 0 saturated heterocycles. The molecule has 6 aliphatic carbocycles. The summed E-state index contributed by atoms with van der Waals surface area (Å²) in [6, 6.07) is 49.7. The number of hydrogen-bond acceptors (Lipinski definition) is 1. The van der Waals surface area contributed by atoms with Crippen molar-refractivity contribution < 1.29 is 0 Å². The summed E-state index contributed by atoms with van der Waals surface area (Å²) in [5, 5.41) is 2.77. The Labute approximate surface area is 306 Å². The van der Waals surface area contributed by atoms with Gasteiger partial charge in [0.1, 0.15) is 0 Å². The zero-order valence-electron chi connectivity index (χ0n) is 30.0. The maximum Gasteiger partial charge on any atom is 0.247 e. The lowest BCUT2D eigenvalue weighted by Crippen LogP contribution is -2.64. The summed E-state index contributed by atoms with van der Waals surface area (Å²) in [4.78, 5) is 2.56. The summed E-state index contributed by atoms with van der Waals surface area (Å²) in [6.07, 6.45) is 8.23. The van der Waals surface area contributed by atoms with E-state index in [-0.39, 0.29) is 12.1 Å². The van der Waals surface area contributed by atoms with Crippen LogP contribution in [0.25, 0.3) is 27.5 Å². The third-order valence-corrected chi connectivity index (χ3v) is 15.1. The van der Waals surface area contributed by atoms with Crippen molar-refractivity contribution in [2.45, 2.75) is 68.6 Å². The van der Waals surface area contributed by atoms with Gasteiger partial charge >= 0.3 is 0 Å². The molecule has 0 amide bonds. The van der Waals surface area contributed by atoms with Crippen LogP contribution in [0.4, 0.5) is 17.1 Å². The molecule has 2 aliphatic heterocycles. The SMILES string of the molecule is CC1(C)c2ccccc2B2c3ccccc3N(c3ccccc3)c3cc(-n4c5cc(C67CC(C6)C7)ccc5c5ccc(C67CC(C6)C7)cc54)cc1c32. The molecule has 8 aliphatic rings. The summed E-state index contributed by atoms with van der Waals surface area (Å²) in [6.45, 7) is 5.11. The molecule has 0 N–H and O–H groups in total. The zero-order valence-corrected chi connectivity index (χ0v) is 30.0. The van der Waals surface area contributed by atoms with Crippen molar-refractivity contribution in [3.8, 4) is 5.69 Å². The topological polar surface area (TPSA) is 8.17 Å². The van der Waals surface area contributed by atoms with Gasteiger partial charge in [0.15, 0.2) is 0 Å². The minimum atomic E-state index is -0.172. The molecular formula is C49H41BN2. The Kier molecular flexibility index (Phi) is 5.11. The molecule has 52 heavy (non-hydrogen) atoms. The third-order valence-electron chi connectivity index (χ3n) is 15.1. The lowest BCUT2D eigenvalue weighted by atomic mass is 9.30. The van der Waals surface area contributed by atoms with Crippen molar-refractivity contribution in [1.82, 2.24) is 4.57 Å². The fourth-order valence-corrected chi connectivity index (χ4v) is 12.2.